The van der Waals surface area contributed by atoms with E-state index in [1.807, 2.05) is 6.92 Å². The topological polar surface area (TPSA) is 89.9 Å². The van der Waals surface area contributed by atoms with Crippen LogP contribution in [0.5, 0.6) is 0 Å². The Morgan fingerprint density at radius 1 is 0.897 bits per heavy atom. The Bertz CT molecular complexity index is 515. The van der Waals surface area contributed by atoms with Crippen LogP contribution in [0.2, 0.25) is 0 Å². The monoisotopic (exact) mass is 434 g/mol. The Kier molecular flexibility index (Phi) is 18.5. The van der Waals surface area contributed by atoms with Crippen LogP contribution < -0.4 is 0 Å². The number of aliphatic hydroxyl groups is 1. The van der Waals surface area contributed by atoms with Crippen LogP contribution >= 0.6 is 0 Å². The molecule has 0 aliphatic rings. The summed E-state index contributed by atoms with van der Waals surface area (Å²) in [6.07, 6.45) is 17.5. The molecular formula is C22H42O6S. The molecule has 0 aliphatic carbocycles. The van der Waals surface area contributed by atoms with Gasteiger partial charge >= 0.3 is 16.4 Å². The maximum Gasteiger partial charge on any atom is 0.451 e. The Hall–Kier alpha value is -0.920. The van der Waals surface area contributed by atoms with Gasteiger partial charge in [-0.25, -0.2) is 4.18 Å². The van der Waals surface area contributed by atoms with Crippen molar-refractivity contribution in [2.24, 2.45) is 0 Å². The summed E-state index contributed by atoms with van der Waals surface area (Å²) < 4.78 is 31.8. The number of hydrogen-bond donors (Lipinski definition) is 1. The van der Waals surface area contributed by atoms with E-state index >= 15 is 0 Å². The minimum absolute atomic E-state index is 0.0402. The van der Waals surface area contributed by atoms with Gasteiger partial charge < -0.3 is 9.29 Å². The first-order valence-electron chi connectivity index (χ1n) is 11.4. The van der Waals surface area contributed by atoms with Crippen LogP contribution in [0.25, 0.3) is 0 Å². The lowest BCUT2D eigenvalue weighted by atomic mass is 10.1. The summed E-state index contributed by atoms with van der Waals surface area (Å²) in [5, 5.41) is 9.88. The molecule has 0 radical (unpaired) electrons. The van der Waals surface area contributed by atoms with Crippen molar-refractivity contribution in [3.63, 3.8) is 0 Å². The number of allylic oxidation sites excluding steroid dienone is 1. The molecule has 0 aromatic carbocycles. The zero-order chi connectivity index (χ0) is 21.8. The normalized spacial score (nSPS) is 13.1. The highest BCUT2D eigenvalue weighted by Gasteiger charge is 2.17. The minimum atomic E-state index is -4.20. The highest BCUT2D eigenvalue weighted by Crippen LogP contribution is 2.11. The highest BCUT2D eigenvalue weighted by atomic mass is 32.3. The molecule has 0 saturated heterocycles. The van der Waals surface area contributed by atoms with Crippen molar-refractivity contribution in [2.75, 3.05) is 6.61 Å². The molecule has 0 aromatic rings. The molecule has 0 fully saturated rings. The minimum Gasteiger partial charge on any atom is -0.393 e. The molecular weight excluding hydrogens is 392 g/mol. The molecule has 0 bridgehead atoms. The molecule has 0 spiro atoms. The summed E-state index contributed by atoms with van der Waals surface area (Å²) in [7, 11) is -4.20. The van der Waals surface area contributed by atoms with Crippen LogP contribution in [0.1, 0.15) is 110 Å². The Morgan fingerprint density at radius 3 is 2.28 bits per heavy atom. The summed E-state index contributed by atoms with van der Waals surface area (Å²) in [5.74, 6) is -0.752. The van der Waals surface area contributed by atoms with Gasteiger partial charge in [-0.2, -0.15) is 8.42 Å². The largest absolute Gasteiger partial charge is 0.451 e. The third kappa shape index (κ3) is 20.1. The molecule has 0 unspecified atom stereocenters. The van der Waals surface area contributed by atoms with Crippen molar-refractivity contribution in [2.45, 2.75) is 116 Å². The average Bonchev–Trinajstić information content (AvgIpc) is 2.66. The fraction of sp³-hybridized carbons (Fsp3) is 0.864. The first-order chi connectivity index (χ1) is 13.9. The van der Waals surface area contributed by atoms with Gasteiger partial charge in [-0.15, -0.1) is 0 Å². The van der Waals surface area contributed by atoms with E-state index in [1.165, 1.54) is 19.3 Å². The van der Waals surface area contributed by atoms with Crippen molar-refractivity contribution in [1.29, 1.82) is 0 Å². The second-order valence-electron chi connectivity index (χ2n) is 7.56. The molecule has 7 heteroatoms. The van der Waals surface area contributed by atoms with E-state index in [0.29, 0.717) is 12.8 Å². The van der Waals surface area contributed by atoms with Gasteiger partial charge in [0, 0.05) is 6.42 Å². The molecule has 6 nitrogen and oxygen atoms in total. The summed E-state index contributed by atoms with van der Waals surface area (Å²) >= 11 is 0. The summed E-state index contributed by atoms with van der Waals surface area (Å²) in [5.41, 5.74) is 0. The average molecular weight is 435 g/mol. The van der Waals surface area contributed by atoms with Gasteiger partial charge in [-0.05, 0) is 38.5 Å². The Labute approximate surface area is 178 Å². The number of carbonyl (C=O) groups is 1. The van der Waals surface area contributed by atoms with E-state index in [1.54, 1.807) is 0 Å². The maximum atomic E-state index is 11.5. The highest BCUT2D eigenvalue weighted by molar-refractivity contribution is 7.82. The third-order valence-electron chi connectivity index (χ3n) is 4.64. The van der Waals surface area contributed by atoms with Crippen LogP contribution in [0.4, 0.5) is 0 Å². The molecule has 0 aliphatic heterocycles. The Balaban J connectivity index is 3.55. The number of carbonyl (C=O) groups excluding carboxylic acids is 1. The van der Waals surface area contributed by atoms with E-state index in [9.17, 15) is 18.3 Å². The van der Waals surface area contributed by atoms with Crippen molar-refractivity contribution in [3.05, 3.63) is 12.2 Å². The quantitative estimate of drug-likeness (QED) is 0.198. The van der Waals surface area contributed by atoms with Gasteiger partial charge in [0.05, 0.1) is 12.7 Å². The van der Waals surface area contributed by atoms with Gasteiger partial charge in [0.2, 0.25) is 0 Å². The number of unbranched alkanes of at least 4 members (excludes halogenated alkanes) is 9. The SMILES string of the molecule is CCCCCC[C@@H](O)C/C=C\CCCCCCCC(=O)OS(=O)(=O)OCCCC. The second-order valence-corrected chi connectivity index (χ2v) is 8.77. The molecule has 29 heavy (non-hydrogen) atoms. The van der Waals surface area contributed by atoms with Crippen LogP contribution in [0.15, 0.2) is 12.2 Å². The summed E-state index contributed by atoms with van der Waals surface area (Å²) in [6.45, 7) is 4.14. The van der Waals surface area contributed by atoms with Crippen molar-refractivity contribution >= 4 is 16.4 Å². The zero-order valence-corrected chi connectivity index (χ0v) is 19.3. The zero-order valence-electron chi connectivity index (χ0n) is 18.4. The smallest absolute Gasteiger partial charge is 0.393 e. The molecule has 1 atom stereocenters. The van der Waals surface area contributed by atoms with Crippen molar-refractivity contribution in [1.82, 2.24) is 0 Å². The predicted octanol–water partition coefficient (Wildman–Crippen LogP) is 5.60. The van der Waals surface area contributed by atoms with E-state index in [-0.39, 0.29) is 19.1 Å². The molecule has 0 heterocycles. The Morgan fingerprint density at radius 2 is 1.55 bits per heavy atom. The van der Waals surface area contributed by atoms with Gasteiger partial charge in [0.25, 0.3) is 0 Å². The lowest BCUT2D eigenvalue weighted by molar-refractivity contribution is -0.134. The fourth-order valence-corrected chi connectivity index (χ4v) is 3.52. The number of aliphatic hydroxyl groups excluding tert-OH is 1. The van der Waals surface area contributed by atoms with Crippen LogP contribution in [0.3, 0.4) is 0 Å². The molecule has 1 N–H and O–H groups in total. The standard InChI is InChI=1S/C22H42O6S/c1-3-5-7-14-17-21(23)18-15-12-10-8-9-11-13-16-19-22(24)28-29(25,26)27-20-6-4-2/h12,15,21,23H,3-11,13-14,16-20H2,1-2H3/b15-12-/t21-/m1/s1. The molecule has 0 saturated carbocycles. The van der Waals surface area contributed by atoms with Crippen LogP contribution in [0, 0.1) is 0 Å². The van der Waals surface area contributed by atoms with Crippen LogP contribution in [-0.2, 0) is 23.6 Å². The van der Waals surface area contributed by atoms with Gasteiger partial charge in [-0.1, -0.05) is 77.4 Å². The van der Waals surface area contributed by atoms with Gasteiger partial charge in [0.1, 0.15) is 0 Å². The lowest BCUT2D eigenvalue weighted by Gasteiger charge is -2.07. The third-order valence-corrected chi connectivity index (χ3v) is 5.48. The molecule has 0 aromatic heterocycles. The molecule has 172 valence electrons. The van der Waals surface area contributed by atoms with Gasteiger partial charge in [0.15, 0.2) is 0 Å². The lowest BCUT2D eigenvalue weighted by Crippen LogP contribution is -2.16. The maximum absolute atomic E-state index is 11.5. The summed E-state index contributed by atoms with van der Waals surface area (Å²) in [6, 6.07) is 0. The fourth-order valence-electron chi connectivity index (χ4n) is 2.84. The van der Waals surface area contributed by atoms with Crippen molar-refractivity contribution < 1.29 is 26.7 Å². The molecule has 0 rings (SSSR count). The van der Waals surface area contributed by atoms with E-state index in [2.05, 4.69) is 27.4 Å². The van der Waals surface area contributed by atoms with E-state index in [0.717, 1.165) is 57.8 Å². The first kappa shape index (κ1) is 28.1. The number of rotatable bonds is 20. The van der Waals surface area contributed by atoms with Crippen LogP contribution in [-0.4, -0.2) is 32.2 Å². The predicted molar refractivity (Wildman–Crippen MR) is 117 cm³/mol. The van der Waals surface area contributed by atoms with E-state index < -0.39 is 16.4 Å². The van der Waals surface area contributed by atoms with Crippen molar-refractivity contribution in [3.8, 4) is 0 Å². The van der Waals surface area contributed by atoms with Gasteiger partial charge in [-0.3, -0.25) is 4.79 Å². The van der Waals surface area contributed by atoms with E-state index in [4.69, 9.17) is 0 Å². The molecule has 0 amide bonds. The second kappa shape index (κ2) is 19.1. The summed E-state index contributed by atoms with van der Waals surface area (Å²) in [4.78, 5) is 11.5. The number of hydrogen-bond acceptors (Lipinski definition) is 6. The first-order valence-corrected chi connectivity index (χ1v) is 12.7.